The molecular formula is C19H19N3O2. The lowest BCUT2D eigenvalue weighted by atomic mass is 9.81. The number of amides is 2. The zero-order valence-corrected chi connectivity index (χ0v) is 13.4. The molecule has 1 aliphatic carbocycles. The second-order valence-electron chi connectivity index (χ2n) is 7.09. The number of carbonyl (C=O) groups is 2. The molecule has 1 spiro atoms. The van der Waals surface area contributed by atoms with Crippen LogP contribution >= 0.6 is 0 Å². The van der Waals surface area contributed by atoms with Gasteiger partial charge in [0.25, 0.3) is 11.8 Å². The Kier molecular flexibility index (Phi) is 2.72. The largest absolute Gasteiger partial charge is 0.370 e. The molecule has 24 heavy (non-hydrogen) atoms. The summed E-state index contributed by atoms with van der Waals surface area (Å²) in [6.07, 6.45) is 8.51. The minimum atomic E-state index is -0.305. The summed E-state index contributed by atoms with van der Waals surface area (Å²) in [4.78, 5) is 28.1. The van der Waals surface area contributed by atoms with Crippen LogP contribution in [-0.2, 0) is 15.1 Å². The van der Waals surface area contributed by atoms with Crippen LogP contribution in [0.2, 0.25) is 0 Å². The summed E-state index contributed by atoms with van der Waals surface area (Å²) in [6.45, 7) is 0. The van der Waals surface area contributed by atoms with Gasteiger partial charge < -0.3 is 10.3 Å². The van der Waals surface area contributed by atoms with Crippen molar-refractivity contribution in [3.63, 3.8) is 0 Å². The maximum Gasteiger partial charge on any atom is 0.275 e. The van der Waals surface area contributed by atoms with Gasteiger partial charge >= 0.3 is 0 Å². The van der Waals surface area contributed by atoms with Gasteiger partial charge in [-0.05, 0) is 24.5 Å². The molecule has 3 N–H and O–H groups in total. The Morgan fingerprint density at radius 2 is 1.75 bits per heavy atom. The van der Waals surface area contributed by atoms with Crippen molar-refractivity contribution in [3.8, 4) is 0 Å². The van der Waals surface area contributed by atoms with Gasteiger partial charge in [0.2, 0.25) is 0 Å². The van der Waals surface area contributed by atoms with Gasteiger partial charge in [0.05, 0.1) is 11.1 Å². The first-order chi connectivity index (χ1) is 11.7. The van der Waals surface area contributed by atoms with Crippen molar-refractivity contribution >= 4 is 28.3 Å². The zero-order chi connectivity index (χ0) is 16.3. The normalized spacial score (nSPS) is 22.2. The topological polar surface area (TPSA) is 74.0 Å². The van der Waals surface area contributed by atoms with E-state index in [1.165, 1.54) is 18.4 Å². The van der Waals surface area contributed by atoms with Gasteiger partial charge in [-0.3, -0.25) is 14.9 Å². The number of carbonyl (C=O) groups excluding carboxylic acids is 2. The third-order valence-electron chi connectivity index (χ3n) is 5.74. The quantitative estimate of drug-likeness (QED) is 0.653. The Morgan fingerprint density at radius 3 is 2.54 bits per heavy atom. The van der Waals surface area contributed by atoms with Gasteiger partial charge in [-0.25, -0.2) is 0 Å². The Labute approximate surface area is 139 Å². The number of hydrogen-bond donors (Lipinski definition) is 3. The Morgan fingerprint density at radius 1 is 0.958 bits per heavy atom. The predicted octanol–water partition coefficient (Wildman–Crippen LogP) is 2.69. The first-order valence-corrected chi connectivity index (χ1v) is 8.69. The fraction of sp³-hybridized carbons (Fsp3) is 0.368. The van der Waals surface area contributed by atoms with Crippen molar-refractivity contribution in [1.82, 2.24) is 15.6 Å². The molecule has 0 radical (unpaired) electrons. The smallest absolute Gasteiger partial charge is 0.275 e. The molecule has 1 aromatic heterocycles. The number of aromatic amines is 1. The van der Waals surface area contributed by atoms with Gasteiger partial charge in [0.15, 0.2) is 0 Å². The first-order valence-electron chi connectivity index (χ1n) is 8.69. The van der Waals surface area contributed by atoms with Gasteiger partial charge in [-0.1, -0.05) is 37.8 Å². The lowest BCUT2D eigenvalue weighted by Gasteiger charge is -2.35. The highest BCUT2D eigenvalue weighted by atomic mass is 16.2. The van der Waals surface area contributed by atoms with Crippen LogP contribution in [0.1, 0.15) is 49.7 Å². The summed E-state index contributed by atoms with van der Waals surface area (Å²) >= 11 is 0. The van der Waals surface area contributed by atoms with Crippen molar-refractivity contribution < 1.29 is 9.59 Å². The standard InChI is InChI=1S/C19H19N3O2/c23-17-15-11-10-20-13-7-5-6-12(14(11)13)19(8-3-1-2-4-9-19)22-16(15)18(24)21-17/h5-7,10,20,22H,1-4,8-9H2,(H,21,23,24). The minimum absolute atomic E-state index is 0.272. The highest BCUT2D eigenvalue weighted by Gasteiger charge is 2.43. The monoisotopic (exact) mass is 321 g/mol. The molecule has 0 saturated heterocycles. The van der Waals surface area contributed by atoms with E-state index in [4.69, 9.17) is 0 Å². The molecule has 1 fully saturated rings. The van der Waals surface area contributed by atoms with Crippen LogP contribution in [0.3, 0.4) is 0 Å². The summed E-state index contributed by atoms with van der Waals surface area (Å²) in [6, 6.07) is 6.25. The second kappa shape index (κ2) is 4.72. The molecule has 2 aliphatic heterocycles. The number of benzene rings is 1. The molecule has 3 heterocycles. The molecule has 2 aromatic rings. The summed E-state index contributed by atoms with van der Waals surface area (Å²) < 4.78 is 0. The van der Waals surface area contributed by atoms with E-state index >= 15 is 0 Å². The molecule has 1 saturated carbocycles. The van der Waals surface area contributed by atoms with E-state index in [2.05, 4.69) is 27.8 Å². The van der Waals surface area contributed by atoms with E-state index in [0.717, 1.165) is 42.1 Å². The van der Waals surface area contributed by atoms with E-state index in [1.807, 2.05) is 12.3 Å². The zero-order valence-electron chi connectivity index (χ0n) is 13.4. The lowest BCUT2D eigenvalue weighted by molar-refractivity contribution is -0.123. The molecule has 5 heteroatoms. The van der Waals surface area contributed by atoms with Crippen LogP contribution in [0.4, 0.5) is 0 Å². The lowest BCUT2D eigenvalue weighted by Crippen LogP contribution is -2.43. The fourth-order valence-corrected chi connectivity index (χ4v) is 4.65. The number of rotatable bonds is 0. The maximum atomic E-state index is 12.4. The summed E-state index contributed by atoms with van der Waals surface area (Å²) in [5.41, 5.74) is 3.74. The average molecular weight is 321 g/mol. The van der Waals surface area contributed by atoms with Crippen LogP contribution in [0.5, 0.6) is 0 Å². The molecule has 5 rings (SSSR count). The number of nitrogens with one attached hydrogen (secondary N) is 3. The van der Waals surface area contributed by atoms with E-state index in [1.54, 1.807) is 0 Å². The van der Waals surface area contributed by atoms with Crippen molar-refractivity contribution in [2.75, 3.05) is 0 Å². The van der Waals surface area contributed by atoms with Crippen molar-refractivity contribution in [2.24, 2.45) is 0 Å². The summed E-state index contributed by atoms with van der Waals surface area (Å²) in [7, 11) is 0. The van der Waals surface area contributed by atoms with Gasteiger partial charge in [-0.15, -0.1) is 0 Å². The third-order valence-corrected chi connectivity index (χ3v) is 5.74. The predicted molar refractivity (Wildman–Crippen MR) is 90.9 cm³/mol. The van der Waals surface area contributed by atoms with Crippen LogP contribution in [0.25, 0.3) is 16.5 Å². The van der Waals surface area contributed by atoms with E-state index in [-0.39, 0.29) is 17.4 Å². The minimum Gasteiger partial charge on any atom is -0.370 e. The van der Waals surface area contributed by atoms with Gasteiger partial charge in [0, 0.05) is 22.7 Å². The molecule has 0 atom stereocenters. The molecule has 2 amide bonds. The summed E-state index contributed by atoms with van der Waals surface area (Å²) in [5, 5.41) is 7.08. The molecular weight excluding hydrogens is 302 g/mol. The first kappa shape index (κ1) is 13.8. The number of H-pyrrole nitrogens is 1. The van der Waals surface area contributed by atoms with Crippen molar-refractivity contribution in [3.05, 3.63) is 41.2 Å². The second-order valence-corrected chi connectivity index (χ2v) is 7.09. The SMILES string of the molecule is O=C1NC(=O)C2=C1NC1(CCCCCC1)c1cccc3[nH]cc2c13. The number of aromatic nitrogens is 1. The Hall–Kier alpha value is -2.56. The highest BCUT2D eigenvalue weighted by molar-refractivity contribution is 6.37. The van der Waals surface area contributed by atoms with E-state index in [9.17, 15) is 9.59 Å². The molecule has 3 aliphatic rings. The van der Waals surface area contributed by atoms with Crippen molar-refractivity contribution in [2.45, 2.75) is 44.1 Å². The number of fused-ring (bicyclic) bond motifs is 2. The Balaban J connectivity index is 1.86. The summed E-state index contributed by atoms with van der Waals surface area (Å²) in [5.74, 6) is -0.607. The van der Waals surface area contributed by atoms with Gasteiger partial charge in [0.1, 0.15) is 5.70 Å². The molecule has 122 valence electrons. The third kappa shape index (κ3) is 1.70. The maximum absolute atomic E-state index is 12.4. The molecule has 5 nitrogen and oxygen atoms in total. The van der Waals surface area contributed by atoms with E-state index in [0.29, 0.717) is 11.3 Å². The Bertz CT molecular complexity index is 914. The highest BCUT2D eigenvalue weighted by Crippen LogP contribution is 2.45. The van der Waals surface area contributed by atoms with E-state index < -0.39 is 0 Å². The van der Waals surface area contributed by atoms with Crippen LogP contribution < -0.4 is 10.6 Å². The molecule has 1 aromatic carbocycles. The average Bonchev–Trinajstić information content (AvgIpc) is 2.95. The number of imide groups is 1. The number of hydrogen-bond acceptors (Lipinski definition) is 3. The fourth-order valence-electron chi connectivity index (χ4n) is 4.65. The van der Waals surface area contributed by atoms with Crippen LogP contribution in [0.15, 0.2) is 30.1 Å². The van der Waals surface area contributed by atoms with Crippen molar-refractivity contribution in [1.29, 1.82) is 0 Å². The van der Waals surface area contributed by atoms with Crippen LogP contribution in [0, 0.1) is 0 Å². The van der Waals surface area contributed by atoms with Gasteiger partial charge in [-0.2, -0.15) is 0 Å². The van der Waals surface area contributed by atoms with Crippen LogP contribution in [-0.4, -0.2) is 16.8 Å². The molecule has 0 bridgehead atoms. The molecule has 0 unspecified atom stereocenters.